The highest BCUT2D eigenvalue weighted by atomic mass is 32.1. The Bertz CT molecular complexity index is 811. The molecule has 23 heavy (non-hydrogen) atoms. The molecule has 0 aliphatic rings. The maximum Gasteiger partial charge on any atom is 0.263 e. The lowest BCUT2D eigenvalue weighted by Gasteiger charge is -2.01. The molecule has 0 saturated heterocycles. The van der Waals surface area contributed by atoms with Crippen LogP contribution in [0.3, 0.4) is 0 Å². The number of nitrogen functional groups attached to an aromatic ring is 1. The summed E-state index contributed by atoms with van der Waals surface area (Å²) in [6.45, 7) is 2.18. The van der Waals surface area contributed by atoms with Crippen LogP contribution in [0, 0.1) is 6.92 Å². The van der Waals surface area contributed by atoms with Crippen molar-refractivity contribution in [2.45, 2.75) is 19.9 Å². The summed E-state index contributed by atoms with van der Waals surface area (Å²) in [5, 5.41) is 6.29. The molecule has 3 N–H and O–H groups in total. The van der Waals surface area contributed by atoms with Crippen molar-refractivity contribution in [1.29, 1.82) is 0 Å². The highest BCUT2D eigenvalue weighted by molar-refractivity contribution is 7.17. The highest BCUT2D eigenvalue weighted by Crippen LogP contribution is 2.20. The minimum Gasteiger partial charge on any atom is -0.375 e. The van der Waals surface area contributed by atoms with Crippen LogP contribution in [0.15, 0.2) is 35.7 Å². The number of rotatable bonds is 5. The van der Waals surface area contributed by atoms with Gasteiger partial charge in [-0.3, -0.25) is 4.79 Å². The molecule has 118 valence electrons. The van der Waals surface area contributed by atoms with Crippen molar-refractivity contribution in [1.82, 2.24) is 15.3 Å². The molecule has 2 aromatic heterocycles. The second-order valence-electron chi connectivity index (χ2n) is 5.04. The number of benzene rings is 1. The lowest BCUT2D eigenvalue weighted by molar-refractivity contribution is 0.0953. The second kappa shape index (κ2) is 6.89. The molecule has 7 heteroatoms. The van der Waals surface area contributed by atoms with Gasteiger partial charge in [-0.2, -0.15) is 0 Å². The van der Waals surface area contributed by atoms with Gasteiger partial charge in [0.15, 0.2) is 5.13 Å². The topological polar surface area (TPSA) is 80.9 Å². The van der Waals surface area contributed by atoms with Crippen LogP contribution in [0.4, 0.5) is 5.13 Å². The second-order valence-corrected chi connectivity index (χ2v) is 7.02. The number of aromatic nitrogens is 2. The Labute approximate surface area is 142 Å². The van der Waals surface area contributed by atoms with Gasteiger partial charge in [0.25, 0.3) is 5.91 Å². The molecular formula is C16H16N4OS2. The van der Waals surface area contributed by atoms with Crippen molar-refractivity contribution in [3.8, 4) is 0 Å². The van der Waals surface area contributed by atoms with Crippen LogP contribution in [0.2, 0.25) is 0 Å². The molecule has 0 aliphatic carbocycles. The summed E-state index contributed by atoms with van der Waals surface area (Å²) in [6, 6.07) is 10.2. The van der Waals surface area contributed by atoms with Crippen LogP contribution in [0.1, 0.15) is 31.6 Å². The van der Waals surface area contributed by atoms with Crippen LogP contribution < -0.4 is 11.1 Å². The fraction of sp³-hybridized carbons (Fsp3) is 0.188. The summed E-state index contributed by atoms with van der Waals surface area (Å²) in [4.78, 5) is 21.3. The Morgan fingerprint density at radius 3 is 2.74 bits per heavy atom. The van der Waals surface area contributed by atoms with Gasteiger partial charge in [-0.15, -0.1) is 11.3 Å². The van der Waals surface area contributed by atoms with Gasteiger partial charge in [0.2, 0.25) is 0 Å². The molecule has 1 amide bonds. The van der Waals surface area contributed by atoms with Gasteiger partial charge < -0.3 is 11.1 Å². The van der Waals surface area contributed by atoms with Crippen LogP contribution in [0.25, 0.3) is 0 Å². The molecule has 0 saturated carbocycles. The molecule has 1 aromatic carbocycles. The average Bonchev–Trinajstić information content (AvgIpc) is 3.12. The van der Waals surface area contributed by atoms with Crippen molar-refractivity contribution in [2.75, 3.05) is 5.73 Å². The predicted molar refractivity (Wildman–Crippen MR) is 93.8 cm³/mol. The van der Waals surface area contributed by atoms with Gasteiger partial charge >= 0.3 is 0 Å². The van der Waals surface area contributed by atoms with E-state index in [1.807, 2.05) is 23.6 Å². The summed E-state index contributed by atoms with van der Waals surface area (Å²) in [5.74, 6) is -0.158. The molecule has 0 aliphatic heterocycles. The lowest BCUT2D eigenvalue weighted by atomic mass is 10.2. The minimum absolute atomic E-state index is 0.158. The summed E-state index contributed by atoms with van der Waals surface area (Å²) in [7, 11) is 0. The third-order valence-corrected chi connectivity index (χ3v) is 5.13. The number of hydrogen-bond donors (Lipinski definition) is 2. The third-order valence-electron chi connectivity index (χ3n) is 3.25. The normalized spacial score (nSPS) is 10.7. The van der Waals surface area contributed by atoms with Crippen LogP contribution >= 0.6 is 22.7 Å². The van der Waals surface area contributed by atoms with Gasteiger partial charge in [0, 0.05) is 11.8 Å². The first-order valence-electron chi connectivity index (χ1n) is 7.10. The van der Waals surface area contributed by atoms with Crippen molar-refractivity contribution in [2.24, 2.45) is 0 Å². The Morgan fingerprint density at radius 2 is 2.04 bits per heavy atom. The van der Waals surface area contributed by atoms with E-state index < -0.39 is 0 Å². The third kappa shape index (κ3) is 3.94. The predicted octanol–water partition coefficient (Wildman–Crippen LogP) is 3.01. The summed E-state index contributed by atoms with van der Waals surface area (Å²) in [6.07, 6.45) is 0.809. The number of carbonyl (C=O) groups excluding carboxylic acids is 1. The molecule has 0 atom stereocenters. The van der Waals surface area contributed by atoms with E-state index in [1.54, 1.807) is 18.3 Å². The first-order chi connectivity index (χ1) is 11.1. The largest absolute Gasteiger partial charge is 0.375 e. The number of anilines is 1. The smallest absolute Gasteiger partial charge is 0.263 e. The zero-order valence-corrected chi connectivity index (χ0v) is 14.2. The number of carbonyl (C=O) groups is 1. The molecule has 0 bridgehead atoms. The average molecular weight is 344 g/mol. The van der Waals surface area contributed by atoms with E-state index in [2.05, 4.69) is 27.4 Å². The number of amides is 1. The van der Waals surface area contributed by atoms with E-state index >= 15 is 0 Å². The van der Waals surface area contributed by atoms with Crippen molar-refractivity contribution >= 4 is 33.7 Å². The molecule has 0 fully saturated rings. The molecule has 5 nitrogen and oxygen atoms in total. The van der Waals surface area contributed by atoms with Gasteiger partial charge in [-0.25, -0.2) is 9.97 Å². The Hall–Kier alpha value is -2.25. The number of thiazole rings is 2. The fourth-order valence-corrected chi connectivity index (χ4v) is 3.74. The zero-order valence-electron chi connectivity index (χ0n) is 12.6. The fourth-order valence-electron chi connectivity index (χ4n) is 2.16. The maximum absolute atomic E-state index is 12.1. The Morgan fingerprint density at radius 1 is 1.26 bits per heavy atom. The Balaban J connectivity index is 1.59. The summed E-state index contributed by atoms with van der Waals surface area (Å²) < 4.78 is 0. The van der Waals surface area contributed by atoms with E-state index in [0.717, 1.165) is 17.1 Å². The lowest BCUT2D eigenvalue weighted by Crippen LogP contribution is -2.22. The zero-order chi connectivity index (χ0) is 16.2. The number of nitrogens with two attached hydrogens (primary N) is 1. The van der Waals surface area contributed by atoms with Crippen LogP contribution in [-0.2, 0) is 13.0 Å². The molecule has 2 heterocycles. The minimum atomic E-state index is -0.158. The number of nitrogens with zero attached hydrogens (tertiary/aromatic N) is 2. The van der Waals surface area contributed by atoms with Gasteiger partial charge in [-0.1, -0.05) is 41.7 Å². The van der Waals surface area contributed by atoms with E-state index in [4.69, 9.17) is 5.73 Å². The van der Waals surface area contributed by atoms with Gasteiger partial charge in [0.1, 0.15) is 4.88 Å². The molecule has 3 rings (SSSR count). The quantitative estimate of drug-likeness (QED) is 0.745. The van der Waals surface area contributed by atoms with Crippen molar-refractivity contribution in [3.63, 3.8) is 0 Å². The van der Waals surface area contributed by atoms with Crippen molar-refractivity contribution < 1.29 is 4.79 Å². The molecule has 3 aromatic rings. The number of hydrogen-bond acceptors (Lipinski definition) is 6. The van der Waals surface area contributed by atoms with Crippen LogP contribution in [0.5, 0.6) is 0 Å². The molecule has 0 spiro atoms. The maximum atomic E-state index is 12.1. The first kappa shape index (κ1) is 15.6. The molecular weight excluding hydrogens is 328 g/mol. The monoisotopic (exact) mass is 344 g/mol. The van der Waals surface area contributed by atoms with Gasteiger partial charge in [0.05, 0.1) is 22.9 Å². The molecule has 0 unspecified atom stereocenters. The molecule has 0 radical (unpaired) electrons. The first-order valence-corrected chi connectivity index (χ1v) is 8.80. The van der Waals surface area contributed by atoms with E-state index in [-0.39, 0.29) is 5.91 Å². The van der Waals surface area contributed by atoms with E-state index in [9.17, 15) is 4.79 Å². The van der Waals surface area contributed by atoms with Gasteiger partial charge in [-0.05, 0) is 12.5 Å². The number of nitrogens with one attached hydrogen (secondary N) is 1. The van der Waals surface area contributed by atoms with E-state index in [0.29, 0.717) is 22.2 Å². The summed E-state index contributed by atoms with van der Waals surface area (Å²) in [5.41, 5.74) is 8.37. The van der Waals surface area contributed by atoms with E-state index in [1.165, 1.54) is 16.9 Å². The number of aryl methyl sites for hydroxylation is 1. The highest BCUT2D eigenvalue weighted by Gasteiger charge is 2.14. The van der Waals surface area contributed by atoms with Crippen LogP contribution in [-0.4, -0.2) is 15.9 Å². The SMILES string of the molecule is Cc1nc(N)sc1C(=O)NCc1csc(Cc2ccccc2)n1. The summed E-state index contributed by atoms with van der Waals surface area (Å²) >= 11 is 2.81. The van der Waals surface area contributed by atoms with Crippen molar-refractivity contribution in [3.05, 3.63) is 62.5 Å². The Kier molecular flexibility index (Phi) is 4.68. The standard InChI is InChI=1S/C16H16N4OS2/c1-10-14(23-16(17)19-10)15(21)18-8-12-9-22-13(20-12)7-11-5-3-2-4-6-11/h2-6,9H,7-8H2,1H3,(H2,17,19)(H,18,21).